The van der Waals surface area contributed by atoms with Crippen molar-refractivity contribution in [2.24, 2.45) is 5.92 Å². The first-order valence-corrected chi connectivity index (χ1v) is 7.07. The lowest BCUT2D eigenvalue weighted by molar-refractivity contribution is -0.143. The zero-order valence-corrected chi connectivity index (χ0v) is 12.4. The molecule has 0 bridgehead atoms. The van der Waals surface area contributed by atoms with Crippen molar-refractivity contribution in [1.82, 2.24) is 4.90 Å². The average Bonchev–Trinajstić information content (AvgIpc) is 2.42. The summed E-state index contributed by atoms with van der Waals surface area (Å²) in [4.78, 5) is 24.5. The number of piperidine rings is 1. The number of carboxylic acids is 1. The number of carbonyl (C=O) groups excluding carboxylic acids is 1. The second kappa shape index (κ2) is 6.49. The molecule has 1 saturated heterocycles. The Morgan fingerprint density at radius 3 is 2.52 bits per heavy atom. The molecule has 8 heteroatoms. The maximum atomic E-state index is 13.1. The molecule has 114 valence electrons. The normalized spacial score (nSPS) is 18.4. The van der Waals surface area contributed by atoms with E-state index in [4.69, 9.17) is 28.3 Å². The molecule has 1 aliphatic heterocycles. The van der Waals surface area contributed by atoms with E-state index in [-0.39, 0.29) is 22.3 Å². The first-order chi connectivity index (χ1) is 9.88. The van der Waals surface area contributed by atoms with Gasteiger partial charge in [-0.05, 0) is 25.0 Å². The number of urea groups is 1. The number of hydrogen-bond donors (Lipinski definition) is 2. The molecule has 1 aliphatic rings. The SMILES string of the molecule is O=C(O)[C@H]1CCCN(C(=O)Nc2c(Cl)cc(F)cc2Cl)C1. The maximum Gasteiger partial charge on any atom is 0.321 e. The molecule has 2 rings (SSSR count). The van der Waals surface area contributed by atoms with E-state index < -0.39 is 23.7 Å². The van der Waals surface area contributed by atoms with Gasteiger partial charge in [-0.1, -0.05) is 23.2 Å². The zero-order valence-electron chi connectivity index (χ0n) is 10.9. The number of likely N-dealkylation sites (tertiary alicyclic amines) is 1. The van der Waals surface area contributed by atoms with Gasteiger partial charge in [0.05, 0.1) is 21.7 Å². The second-order valence-corrected chi connectivity index (χ2v) is 5.61. The highest BCUT2D eigenvalue weighted by molar-refractivity contribution is 6.39. The molecule has 0 spiro atoms. The van der Waals surface area contributed by atoms with Crippen molar-refractivity contribution >= 4 is 40.9 Å². The van der Waals surface area contributed by atoms with Crippen molar-refractivity contribution < 1.29 is 19.1 Å². The van der Waals surface area contributed by atoms with Gasteiger partial charge in [0, 0.05) is 13.1 Å². The summed E-state index contributed by atoms with van der Waals surface area (Å²) in [6.07, 6.45) is 1.15. The Hall–Kier alpha value is -1.53. The fourth-order valence-electron chi connectivity index (χ4n) is 2.21. The second-order valence-electron chi connectivity index (χ2n) is 4.80. The minimum absolute atomic E-state index is 0.0138. The Balaban J connectivity index is 2.10. The summed E-state index contributed by atoms with van der Waals surface area (Å²) in [5.41, 5.74) is 0.113. The Bertz CT molecular complexity index is 560. The summed E-state index contributed by atoms with van der Waals surface area (Å²) in [6, 6.07) is 1.58. The number of halogens is 3. The first-order valence-electron chi connectivity index (χ1n) is 6.31. The molecular formula is C13H13Cl2FN2O3. The molecule has 0 radical (unpaired) electrons. The van der Waals surface area contributed by atoms with E-state index in [1.807, 2.05) is 0 Å². The lowest BCUT2D eigenvalue weighted by Crippen LogP contribution is -2.44. The lowest BCUT2D eigenvalue weighted by atomic mass is 9.99. The number of nitrogens with zero attached hydrogens (tertiary/aromatic N) is 1. The van der Waals surface area contributed by atoms with E-state index in [0.29, 0.717) is 19.4 Å². The highest BCUT2D eigenvalue weighted by Gasteiger charge is 2.28. The third kappa shape index (κ3) is 3.77. The highest BCUT2D eigenvalue weighted by atomic mass is 35.5. The molecule has 21 heavy (non-hydrogen) atoms. The van der Waals surface area contributed by atoms with Crippen molar-refractivity contribution in [3.05, 3.63) is 28.0 Å². The van der Waals surface area contributed by atoms with E-state index in [1.54, 1.807) is 0 Å². The number of aliphatic carboxylic acids is 1. The first kappa shape index (κ1) is 15.9. The van der Waals surface area contributed by atoms with Crippen LogP contribution in [0.2, 0.25) is 10.0 Å². The number of rotatable bonds is 2. The number of carbonyl (C=O) groups is 2. The molecular weight excluding hydrogens is 322 g/mol. The van der Waals surface area contributed by atoms with Gasteiger partial charge in [-0.15, -0.1) is 0 Å². The Labute approximate surface area is 130 Å². The van der Waals surface area contributed by atoms with E-state index in [2.05, 4.69) is 5.32 Å². The molecule has 1 aromatic rings. The standard InChI is InChI=1S/C13H13Cl2FN2O3/c14-9-4-8(16)5-10(15)11(9)17-13(21)18-3-1-2-7(6-18)12(19)20/h4-5,7H,1-3,6H2,(H,17,21)(H,19,20)/t7-/m0/s1. The quantitative estimate of drug-likeness (QED) is 0.870. The Kier molecular flexibility index (Phi) is 4.90. The van der Waals surface area contributed by atoms with E-state index in [9.17, 15) is 14.0 Å². The number of amides is 2. The molecule has 0 saturated carbocycles. The summed E-state index contributed by atoms with van der Waals surface area (Å²) in [6.45, 7) is 0.573. The zero-order chi connectivity index (χ0) is 15.6. The predicted molar refractivity (Wildman–Crippen MR) is 77.4 cm³/mol. The molecule has 2 amide bonds. The topological polar surface area (TPSA) is 69.6 Å². The monoisotopic (exact) mass is 334 g/mol. The van der Waals surface area contributed by atoms with Gasteiger partial charge in [0.25, 0.3) is 0 Å². The number of hydrogen-bond acceptors (Lipinski definition) is 2. The van der Waals surface area contributed by atoms with Crippen LogP contribution in [0.4, 0.5) is 14.9 Å². The third-order valence-corrected chi connectivity index (χ3v) is 3.89. The van der Waals surface area contributed by atoms with Gasteiger partial charge in [-0.25, -0.2) is 9.18 Å². The van der Waals surface area contributed by atoms with E-state index >= 15 is 0 Å². The van der Waals surface area contributed by atoms with E-state index in [0.717, 1.165) is 12.1 Å². The average molecular weight is 335 g/mol. The molecule has 1 atom stereocenters. The molecule has 2 N–H and O–H groups in total. The van der Waals surface area contributed by atoms with Crippen molar-refractivity contribution in [3.8, 4) is 0 Å². The number of carboxylic acid groups (broad SMARTS) is 1. The molecule has 1 heterocycles. The molecule has 1 fully saturated rings. The van der Waals surface area contributed by atoms with Crippen LogP contribution in [0.15, 0.2) is 12.1 Å². The van der Waals surface area contributed by atoms with Crippen molar-refractivity contribution in [2.75, 3.05) is 18.4 Å². The summed E-state index contributed by atoms with van der Waals surface area (Å²) >= 11 is 11.7. The van der Waals surface area contributed by atoms with Crippen LogP contribution >= 0.6 is 23.2 Å². The smallest absolute Gasteiger partial charge is 0.321 e. The van der Waals surface area contributed by atoms with Crippen LogP contribution in [0.5, 0.6) is 0 Å². The minimum Gasteiger partial charge on any atom is -0.481 e. The Morgan fingerprint density at radius 2 is 1.95 bits per heavy atom. The number of nitrogens with one attached hydrogen (secondary N) is 1. The largest absolute Gasteiger partial charge is 0.481 e. The summed E-state index contributed by atoms with van der Waals surface area (Å²) < 4.78 is 13.1. The van der Waals surface area contributed by atoms with Gasteiger partial charge in [0.2, 0.25) is 0 Å². The van der Waals surface area contributed by atoms with Gasteiger partial charge < -0.3 is 15.3 Å². The van der Waals surface area contributed by atoms with Crippen molar-refractivity contribution in [1.29, 1.82) is 0 Å². The lowest BCUT2D eigenvalue weighted by Gasteiger charge is -2.30. The van der Waals surface area contributed by atoms with Gasteiger partial charge in [0.1, 0.15) is 5.82 Å². The van der Waals surface area contributed by atoms with Gasteiger partial charge in [-0.3, -0.25) is 4.79 Å². The fraction of sp³-hybridized carbons (Fsp3) is 0.385. The van der Waals surface area contributed by atoms with Crippen molar-refractivity contribution in [2.45, 2.75) is 12.8 Å². The minimum atomic E-state index is -0.926. The highest BCUT2D eigenvalue weighted by Crippen LogP contribution is 2.31. The molecule has 0 aromatic heterocycles. The third-order valence-electron chi connectivity index (χ3n) is 3.30. The molecule has 5 nitrogen and oxygen atoms in total. The van der Waals surface area contributed by atoms with Crippen LogP contribution in [0.25, 0.3) is 0 Å². The molecule has 0 unspecified atom stereocenters. The van der Waals surface area contributed by atoms with Gasteiger partial charge >= 0.3 is 12.0 Å². The fourth-order valence-corrected chi connectivity index (χ4v) is 2.77. The van der Waals surface area contributed by atoms with Crippen LogP contribution in [0.3, 0.4) is 0 Å². The van der Waals surface area contributed by atoms with Crippen LogP contribution < -0.4 is 5.32 Å². The van der Waals surface area contributed by atoms with Crippen LogP contribution in [-0.4, -0.2) is 35.1 Å². The van der Waals surface area contributed by atoms with Crippen LogP contribution in [0.1, 0.15) is 12.8 Å². The van der Waals surface area contributed by atoms with Crippen LogP contribution in [0, 0.1) is 11.7 Å². The predicted octanol–water partition coefficient (Wildman–Crippen LogP) is 3.46. The van der Waals surface area contributed by atoms with E-state index in [1.165, 1.54) is 4.90 Å². The Morgan fingerprint density at radius 1 is 1.33 bits per heavy atom. The maximum absolute atomic E-state index is 13.1. The summed E-state index contributed by atoms with van der Waals surface area (Å²) in [7, 11) is 0. The molecule has 1 aromatic carbocycles. The molecule has 0 aliphatic carbocycles. The van der Waals surface area contributed by atoms with Crippen molar-refractivity contribution in [3.63, 3.8) is 0 Å². The number of anilines is 1. The van der Waals surface area contributed by atoms with Gasteiger partial charge in [0.15, 0.2) is 0 Å². The summed E-state index contributed by atoms with van der Waals surface area (Å²) in [5, 5.41) is 11.5. The van der Waals surface area contributed by atoms with Gasteiger partial charge in [-0.2, -0.15) is 0 Å². The number of benzene rings is 1. The van der Waals surface area contributed by atoms with Crippen LogP contribution in [-0.2, 0) is 4.79 Å². The summed E-state index contributed by atoms with van der Waals surface area (Å²) in [5.74, 6) is -2.11.